The molecule has 0 fully saturated rings. The van der Waals surface area contributed by atoms with E-state index in [-0.39, 0.29) is 10.8 Å². The third-order valence-electron chi connectivity index (χ3n) is 4.64. The maximum absolute atomic E-state index is 11.5. The molecule has 6 heteroatoms. The van der Waals surface area contributed by atoms with Crippen LogP contribution < -0.4 is 5.32 Å². The van der Waals surface area contributed by atoms with E-state index in [4.69, 9.17) is 0 Å². The predicted octanol–water partition coefficient (Wildman–Crippen LogP) is 6.00. The van der Waals surface area contributed by atoms with Gasteiger partial charge in [0.2, 0.25) is 0 Å². The number of nitrogens with one attached hydrogen (secondary N) is 1. The number of hydrogen-bond donors (Lipinski definition) is 2. The van der Waals surface area contributed by atoms with Crippen molar-refractivity contribution in [3.8, 4) is 0 Å². The molecule has 0 amide bonds. The van der Waals surface area contributed by atoms with Crippen molar-refractivity contribution < 1.29 is 14.7 Å². The number of aromatic carboxylic acids is 1. The van der Waals surface area contributed by atoms with Crippen LogP contribution in [0.5, 0.6) is 0 Å². The zero-order chi connectivity index (χ0) is 20.4. The number of aldehydes is 1. The summed E-state index contributed by atoms with van der Waals surface area (Å²) in [5.74, 6) is -0.814. The summed E-state index contributed by atoms with van der Waals surface area (Å²) < 4.78 is 0.994. The largest absolute Gasteiger partial charge is 0.478 e. The van der Waals surface area contributed by atoms with E-state index in [2.05, 4.69) is 48.9 Å². The molecule has 4 nitrogen and oxygen atoms in total. The van der Waals surface area contributed by atoms with Crippen LogP contribution in [0.3, 0.4) is 0 Å². The summed E-state index contributed by atoms with van der Waals surface area (Å²) >= 11 is 4.86. The van der Waals surface area contributed by atoms with Crippen molar-refractivity contribution in [2.24, 2.45) is 5.41 Å². The lowest BCUT2D eigenvalue weighted by atomic mass is 9.65. The molecule has 0 saturated heterocycles. The smallest absolute Gasteiger partial charge is 0.338 e. The fourth-order valence-electron chi connectivity index (χ4n) is 3.94. The fraction of sp³-hybridized carbons (Fsp3) is 0.429. The van der Waals surface area contributed by atoms with E-state index in [1.807, 2.05) is 12.1 Å². The van der Waals surface area contributed by atoms with E-state index in [1.54, 1.807) is 30.5 Å². The van der Waals surface area contributed by atoms with Crippen LogP contribution >= 0.6 is 27.3 Å². The van der Waals surface area contributed by atoms with Gasteiger partial charge in [0, 0.05) is 22.0 Å². The number of fused-ring (bicyclic) bond motifs is 1. The molecule has 0 saturated carbocycles. The molecule has 0 bridgehead atoms. The highest BCUT2D eigenvalue weighted by Crippen LogP contribution is 2.51. The monoisotopic (exact) mass is 451 g/mol. The fourth-order valence-corrected chi connectivity index (χ4v) is 5.47. The Labute approximate surface area is 173 Å². The first-order valence-electron chi connectivity index (χ1n) is 8.78. The van der Waals surface area contributed by atoms with Crippen molar-refractivity contribution in [2.45, 2.75) is 46.0 Å². The van der Waals surface area contributed by atoms with Gasteiger partial charge in [0.1, 0.15) is 11.3 Å². The number of benzene rings is 1. The number of rotatable bonds is 3. The standard InChI is InChI=1S/C14H21NO2S.C7H5BrO/c1-13(2)6-8-9(12(16)17)11(15-5)18-10(8)14(3,4)7-13;8-7-3-1-6(5-9)2-4-7/h15H,6-7H2,1-5H3,(H,16,17);1-5H. The van der Waals surface area contributed by atoms with Gasteiger partial charge in [0.25, 0.3) is 0 Å². The lowest BCUT2D eigenvalue weighted by molar-refractivity contribution is 0.0695. The van der Waals surface area contributed by atoms with Gasteiger partial charge in [-0.15, -0.1) is 11.3 Å². The molecule has 1 aliphatic carbocycles. The zero-order valence-electron chi connectivity index (χ0n) is 16.4. The second-order valence-electron chi connectivity index (χ2n) is 8.24. The molecular formula is C21H26BrNO3S. The van der Waals surface area contributed by atoms with Crippen molar-refractivity contribution in [1.29, 1.82) is 0 Å². The summed E-state index contributed by atoms with van der Waals surface area (Å²) in [5, 5.41) is 13.3. The minimum absolute atomic E-state index is 0.0566. The van der Waals surface area contributed by atoms with Gasteiger partial charge in [-0.1, -0.05) is 55.8 Å². The second kappa shape index (κ2) is 8.15. The van der Waals surface area contributed by atoms with Crippen LogP contribution in [0.1, 0.15) is 65.3 Å². The summed E-state index contributed by atoms with van der Waals surface area (Å²) in [6.07, 6.45) is 2.77. The minimum atomic E-state index is -0.814. The van der Waals surface area contributed by atoms with E-state index in [9.17, 15) is 14.7 Å². The van der Waals surface area contributed by atoms with Gasteiger partial charge in [-0.05, 0) is 41.4 Å². The third-order valence-corrected chi connectivity index (χ3v) is 6.79. The molecule has 2 aromatic rings. The van der Waals surface area contributed by atoms with Gasteiger partial charge in [-0.2, -0.15) is 0 Å². The molecular weight excluding hydrogens is 426 g/mol. The van der Waals surface area contributed by atoms with Crippen LogP contribution in [0.15, 0.2) is 28.7 Å². The average molecular weight is 452 g/mol. The van der Waals surface area contributed by atoms with Gasteiger partial charge in [0.15, 0.2) is 0 Å². The molecule has 1 aromatic carbocycles. The van der Waals surface area contributed by atoms with Crippen molar-refractivity contribution in [2.75, 3.05) is 12.4 Å². The maximum atomic E-state index is 11.5. The Morgan fingerprint density at radius 2 is 1.81 bits per heavy atom. The number of carbonyl (C=O) groups is 2. The minimum Gasteiger partial charge on any atom is -0.478 e. The normalized spacial score (nSPS) is 16.5. The maximum Gasteiger partial charge on any atom is 0.338 e. The Balaban J connectivity index is 0.000000244. The van der Waals surface area contributed by atoms with Crippen LogP contribution in [0.2, 0.25) is 0 Å². The predicted molar refractivity (Wildman–Crippen MR) is 115 cm³/mol. The number of thiophene rings is 1. The molecule has 0 atom stereocenters. The van der Waals surface area contributed by atoms with Gasteiger partial charge >= 0.3 is 5.97 Å². The SMILES string of the molecule is CNc1sc2c(c1C(=O)O)CC(C)(C)CC2(C)C.O=Cc1ccc(Br)cc1. The van der Waals surface area contributed by atoms with Crippen LogP contribution in [0.25, 0.3) is 0 Å². The van der Waals surface area contributed by atoms with Gasteiger partial charge in [-0.3, -0.25) is 4.79 Å². The molecule has 27 heavy (non-hydrogen) atoms. The number of halogens is 1. The quantitative estimate of drug-likeness (QED) is 0.561. The summed E-state index contributed by atoms with van der Waals surface area (Å²) in [5.41, 5.74) is 2.45. The Morgan fingerprint density at radius 1 is 1.22 bits per heavy atom. The summed E-state index contributed by atoms with van der Waals surface area (Å²) in [4.78, 5) is 22.8. The van der Waals surface area contributed by atoms with Crippen LogP contribution in [0, 0.1) is 5.41 Å². The number of hydrogen-bond acceptors (Lipinski definition) is 4. The second-order valence-corrected chi connectivity index (χ2v) is 10.2. The van der Waals surface area contributed by atoms with Crippen LogP contribution in [0.4, 0.5) is 5.00 Å². The molecule has 1 aliphatic rings. The number of carboxylic acids is 1. The third kappa shape index (κ3) is 4.99. The van der Waals surface area contributed by atoms with Gasteiger partial charge in [-0.25, -0.2) is 4.79 Å². The Hall–Kier alpha value is -1.66. The van der Waals surface area contributed by atoms with Crippen LogP contribution in [-0.2, 0) is 11.8 Å². The molecule has 2 N–H and O–H groups in total. The van der Waals surface area contributed by atoms with Gasteiger partial charge < -0.3 is 10.4 Å². The molecule has 146 valence electrons. The number of carboxylic acid groups (broad SMARTS) is 1. The average Bonchev–Trinajstić information content (AvgIpc) is 2.93. The number of anilines is 1. The zero-order valence-corrected chi connectivity index (χ0v) is 18.8. The Bertz CT molecular complexity index is 838. The summed E-state index contributed by atoms with van der Waals surface area (Å²) in [7, 11) is 1.79. The molecule has 1 aromatic heterocycles. The van der Waals surface area contributed by atoms with E-state index in [0.29, 0.717) is 11.1 Å². The molecule has 1 heterocycles. The summed E-state index contributed by atoms with van der Waals surface area (Å²) in [6.45, 7) is 8.88. The van der Waals surface area contributed by atoms with E-state index >= 15 is 0 Å². The highest BCUT2D eigenvalue weighted by molar-refractivity contribution is 9.10. The molecule has 0 aliphatic heterocycles. The lowest BCUT2D eigenvalue weighted by Crippen LogP contribution is -2.34. The first-order valence-corrected chi connectivity index (χ1v) is 10.4. The van der Waals surface area contributed by atoms with Crippen molar-refractivity contribution in [1.82, 2.24) is 0 Å². The lowest BCUT2D eigenvalue weighted by Gasteiger charge is -2.40. The van der Waals surface area contributed by atoms with E-state index in [1.165, 1.54) is 4.88 Å². The topological polar surface area (TPSA) is 66.4 Å². The first-order chi connectivity index (χ1) is 12.5. The Kier molecular flexibility index (Phi) is 6.53. The van der Waals surface area contributed by atoms with E-state index in [0.717, 1.165) is 34.2 Å². The van der Waals surface area contributed by atoms with Crippen molar-refractivity contribution in [3.63, 3.8) is 0 Å². The van der Waals surface area contributed by atoms with E-state index < -0.39 is 5.97 Å². The highest BCUT2D eigenvalue weighted by Gasteiger charge is 2.41. The van der Waals surface area contributed by atoms with Crippen LogP contribution in [-0.4, -0.2) is 24.4 Å². The highest BCUT2D eigenvalue weighted by atomic mass is 79.9. The van der Waals surface area contributed by atoms with Crippen molar-refractivity contribution >= 4 is 44.5 Å². The molecule has 0 unspecified atom stereocenters. The molecule has 3 rings (SSSR count). The first kappa shape index (κ1) is 21.6. The van der Waals surface area contributed by atoms with Crippen molar-refractivity contribution in [3.05, 3.63) is 50.3 Å². The van der Waals surface area contributed by atoms with Gasteiger partial charge in [0.05, 0.1) is 5.56 Å². The summed E-state index contributed by atoms with van der Waals surface area (Å²) in [6, 6.07) is 7.20. The Morgan fingerprint density at radius 3 is 2.30 bits per heavy atom. The molecule has 0 spiro atoms. The molecule has 0 radical (unpaired) electrons. The number of carbonyl (C=O) groups excluding carboxylic acids is 1.